The summed E-state index contributed by atoms with van der Waals surface area (Å²) in [5.41, 5.74) is 0.847. The molecular weight excluding hydrogens is 191 g/mol. The highest BCUT2D eigenvalue weighted by atomic mass is 19.1. The van der Waals surface area contributed by atoms with Gasteiger partial charge in [-0.25, -0.2) is 4.98 Å². The zero-order valence-corrected chi connectivity index (χ0v) is 9.20. The lowest BCUT2D eigenvalue weighted by Crippen LogP contribution is -2.23. The first-order valence-electron chi connectivity index (χ1n) is 5.12. The van der Waals surface area contributed by atoms with Gasteiger partial charge in [0.15, 0.2) is 0 Å². The standard InChI is InChI=1S/C12H17FN2/c1-4-5-9(2)10(3)15-11-6-7-12(13)14-8-11/h4,6-10,15H,1,5H2,2-3H3. The van der Waals surface area contributed by atoms with Gasteiger partial charge in [-0.15, -0.1) is 6.58 Å². The number of hydrogen-bond acceptors (Lipinski definition) is 2. The molecule has 2 unspecified atom stereocenters. The lowest BCUT2D eigenvalue weighted by atomic mass is 10.00. The third-order valence-corrected chi connectivity index (χ3v) is 2.51. The second-order valence-corrected chi connectivity index (χ2v) is 3.80. The van der Waals surface area contributed by atoms with Crippen molar-refractivity contribution >= 4 is 5.69 Å². The Labute approximate surface area is 90.2 Å². The molecule has 0 amide bonds. The van der Waals surface area contributed by atoms with Crippen LogP contribution in [0.5, 0.6) is 0 Å². The van der Waals surface area contributed by atoms with Crippen LogP contribution in [-0.2, 0) is 0 Å². The third-order valence-electron chi connectivity index (χ3n) is 2.51. The van der Waals surface area contributed by atoms with Crippen molar-refractivity contribution < 1.29 is 4.39 Å². The molecule has 0 saturated heterocycles. The van der Waals surface area contributed by atoms with Crippen LogP contribution in [0.25, 0.3) is 0 Å². The maximum atomic E-state index is 12.6. The summed E-state index contributed by atoms with van der Waals surface area (Å²) in [6.07, 6.45) is 4.38. The number of aromatic nitrogens is 1. The molecule has 0 spiro atoms. The van der Waals surface area contributed by atoms with Crippen molar-refractivity contribution in [1.29, 1.82) is 0 Å². The molecule has 1 heterocycles. The molecule has 1 aromatic heterocycles. The van der Waals surface area contributed by atoms with Gasteiger partial charge in [-0.05, 0) is 31.4 Å². The molecule has 2 atom stereocenters. The van der Waals surface area contributed by atoms with Crippen LogP contribution in [0.3, 0.4) is 0 Å². The molecule has 1 aromatic rings. The number of allylic oxidation sites excluding steroid dienone is 1. The molecule has 0 bridgehead atoms. The Hall–Kier alpha value is -1.38. The van der Waals surface area contributed by atoms with E-state index in [9.17, 15) is 4.39 Å². The van der Waals surface area contributed by atoms with Gasteiger partial charge in [-0.1, -0.05) is 13.0 Å². The van der Waals surface area contributed by atoms with Gasteiger partial charge in [-0.2, -0.15) is 4.39 Å². The number of hydrogen-bond donors (Lipinski definition) is 1. The fourth-order valence-corrected chi connectivity index (χ4v) is 1.33. The molecule has 0 saturated carbocycles. The van der Waals surface area contributed by atoms with Crippen LogP contribution in [0.1, 0.15) is 20.3 Å². The maximum absolute atomic E-state index is 12.6. The van der Waals surface area contributed by atoms with E-state index >= 15 is 0 Å². The SMILES string of the molecule is C=CCC(C)C(C)Nc1ccc(F)nc1. The minimum absolute atomic E-state index is 0.315. The van der Waals surface area contributed by atoms with Crippen molar-refractivity contribution in [3.05, 3.63) is 36.9 Å². The average Bonchev–Trinajstić information content (AvgIpc) is 2.22. The Bertz CT molecular complexity index is 308. The smallest absolute Gasteiger partial charge is 0.212 e. The van der Waals surface area contributed by atoms with Gasteiger partial charge in [0.25, 0.3) is 0 Å². The molecular formula is C12H17FN2. The zero-order valence-electron chi connectivity index (χ0n) is 9.20. The Morgan fingerprint density at radius 3 is 2.80 bits per heavy atom. The first-order valence-corrected chi connectivity index (χ1v) is 5.12. The molecule has 0 aliphatic heterocycles. The summed E-state index contributed by atoms with van der Waals surface area (Å²) < 4.78 is 12.6. The van der Waals surface area contributed by atoms with Gasteiger partial charge in [0.2, 0.25) is 5.95 Å². The predicted octanol–water partition coefficient (Wildman–Crippen LogP) is 3.23. The highest BCUT2D eigenvalue weighted by Crippen LogP contribution is 2.14. The molecule has 82 valence electrons. The van der Waals surface area contributed by atoms with E-state index in [-0.39, 0.29) is 0 Å². The average molecular weight is 208 g/mol. The van der Waals surface area contributed by atoms with Crippen LogP contribution in [0, 0.1) is 11.9 Å². The van der Waals surface area contributed by atoms with E-state index in [1.165, 1.54) is 12.3 Å². The minimum Gasteiger partial charge on any atom is -0.381 e. The van der Waals surface area contributed by atoms with Gasteiger partial charge in [0.05, 0.1) is 11.9 Å². The molecule has 0 aliphatic carbocycles. The van der Waals surface area contributed by atoms with Crippen molar-refractivity contribution in [2.75, 3.05) is 5.32 Å². The summed E-state index contributed by atoms with van der Waals surface area (Å²) in [4.78, 5) is 3.59. The molecule has 1 rings (SSSR count). The van der Waals surface area contributed by atoms with Crippen LogP contribution < -0.4 is 5.32 Å². The second-order valence-electron chi connectivity index (χ2n) is 3.80. The van der Waals surface area contributed by atoms with E-state index in [4.69, 9.17) is 0 Å². The lowest BCUT2D eigenvalue weighted by molar-refractivity contribution is 0.516. The number of anilines is 1. The van der Waals surface area contributed by atoms with Crippen LogP contribution in [0.2, 0.25) is 0 Å². The maximum Gasteiger partial charge on any atom is 0.212 e. The van der Waals surface area contributed by atoms with Crippen molar-refractivity contribution in [1.82, 2.24) is 4.98 Å². The van der Waals surface area contributed by atoms with Gasteiger partial charge in [-0.3, -0.25) is 0 Å². The summed E-state index contributed by atoms with van der Waals surface area (Å²) in [6, 6.07) is 3.36. The summed E-state index contributed by atoms with van der Waals surface area (Å²) in [5.74, 6) is 0.0416. The van der Waals surface area contributed by atoms with Crippen LogP contribution in [0.15, 0.2) is 31.0 Å². The van der Waals surface area contributed by atoms with Gasteiger partial charge >= 0.3 is 0 Å². The Morgan fingerprint density at radius 2 is 2.27 bits per heavy atom. The molecule has 1 N–H and O–H groups in total. The number of rotatable bonds is 5. The first kappa shape index (κ1) is 11.7. The fraction of sp³-hybridized carbons (Fsp3) is 0.417. The molecule has 15 heavy (non-hydrogen) atoms. The topological polar surface area (TPSA) is 24.9 Å². The number of nitrogens with zero attached hydrogens (tertiary/aromatic N) is 1. The van der Waals surface area contributed by atoms with E-state index in [1.54, 1.807) is 6.07 Å². The Kier molecular flexibility index (Phi) is 4.28. The van der Waals surface area contributed by atoms with Crippen molar-refractivity contribution in [2.24, 2.45) is 5.92 Å². The Morgan fingerprint density at radius 1 is 1.53 bits per heavy atom. The zero-order chi connectivity index (χ0) is 11.3. The number of pyridine rings is 1. The summed E-state index contributed by atoms with van der Waals surface area (Å²) in [6.45, 7) is 7.96. The molecule has 0 aromatic carbocycles. The van der Waals surface area contributed by atoms with Crippen molar-refractivity contribution in [2.45, 2.75) is 26.3 Å². The predicted molar refractivity (Wildman–Crippen MR) is 61.3 cm³/mol. The van der Waals surface area contributed by atoms with E-state index in [2.05, 4.69) is 30.7 Å². The monoisotopic (exact) mass is 208 g/mol. The van der Waals surface area contributed by atoms with Crippen LogP contribution >= 0.6 is 0 Å². The second kappa shape index (κ2) is 5.49. The van der Waals surface area contributed by atoms with Crippen molar-refractivity contribution in [3.8, 4) is 0 Å². The lowest BCUT2D eigenvalue weighted by Gasteiger charge is -2.20. The largest absolute Gasteiger partial charge is 0.381 e. The van der Waals surface area contributed by atoms with Gasteiger partial charge < -0.3 is 5.32 Å². The molecule has 0 aliphatic rings. The molecule has 2 nitrogen and oxygen atoms in total. The number of halogens is 1. The molecule has 0 fully saturated rings. The van der Waals surface area contributed by atoms with E-state index in [1.807, 2.05) is 6.08 Å². The van der Waals surface area contributed by atoms with Crippen molar-refractivity contribution in [3.63, 3.8) is 0 Å². The van der Waals surface area contributed by atoms with E-state index < -0.39 is 5.95 Å². The Balaban J connectivity index is 2.53. The van der Waals surface area contributed by atoms with Crippen LogP contribution in [0.4, 0.5) is 10.1 Å². The molecule has 0 radical (unpaired) electrons. The summed E-state index contributed by atoms with van der Waals surface area (Å²) in [7, 11) is 0. The van der Waals surface area contributed by atoms with E-state index in [0.717, 1.165) is 12.1 Å². The third kappa shape index (κ3) is 3.70. The normalized spacial score (nSPS) is 14.3. The highest BCUT2D eigenvalue weighted by Gasteiger charge is 2.10. The highest BCUT2D eigenvalue weighted by molar-refractivity contribution is 5.40. The van der Waals surface area contributed by atoms with Gasteiger partial charge in [0, 0.05) is 6.04 Å². The molecule has 3 heteroatoms. The summed E-state index contributed by atoms with van der Waals surface area (Å²) >= 11 is 0. The summed E-state index contributed by atoms with van der Waals surface area (Å²) in [5, 5.41) is 3.28. The quantitative estimate of drug-likeness (QED) is 0.593. The van der Waals surface area contributed by atoms with E-state index in [0.29, 0.717) is 12.0 Å². The van der Waals surface area contributed by atoms with Gasteiger partial charge in [0.1, 0.15) is 0 Å². The fourth-order valence-electron chi connectivity index (χ4n) is 1.33. The minimum atomic E-state index is -0.452. The first-order chi connectivity index (χ1) is 7.13. The number of nitrogens with one attached hydrogen (secondary N) is 1. The van der Waals surface area contributed by atoms with Crippen LogP contribution in [-0.4, -0.2) is 11.0 Å².